The third kappa shape index (κ3) is 3.69. The largest absolute Gasteiger partial charge is 0.480 e. The van der Waals surface area contributed by atoms with Gasteiger partial charge in [0.05, 0.1) is 12.1 Å². The van der Waals surface area contributed by atoms with Gasteiger partial charge >= 0.3 is 12.1 Å². The average Bonchev–Trinajstić information content (AvgIpc) is 3.12. The summed E-state index contributed by atoms with van der Waals surface area (Å²) in [5, 5.41) is 8.78. The highest BCUT2D eigenvalue weighted by atomic mass is 19.4. The Morgan fingerprint density at radius 1 is 1.35 bits per heavy atom. The van der Waals surface area contributed by atoms with Crippen LogP contribution in [0.15, 0.2) is 18.2 Å². The second-order valence-corrected chi connectivity index (χ2v) is 4.84. The lowest BCUT2D eigenvalue weighted by Gasteiger charge is -2.20. The lowest BCUT2D eigenvalue weighted by atomic mass is 10.1. The van der Waals surface area contributed by atoms with Gasteiger partial charge < -0.3 is 5.11 Å². The van der Waals surface area contributed by atoms with Crippen molar-refractivity contribution in [1.82, 2.24) is 4.90 Å². The van der Waals surface area contributed by atoms with E-state index in [1.54, 1.807) is 4.90 Å². The first-order valence-corrected chi connectivity index (χ1v) is 6.09. The molecule has 20 heavy (non-hydrogen) atoms. The lowest BCUT2D eigenvalue weighted by Crippen LogP contribution is -2.31. The van der Waals surface area contributed by atoms with Crippen molar-refractivity contribution in [3.05, 3.63) is 35.1 Å². The molecule has 1 N–H and O–H groups in total. The molecule has 1 saturated carbocycles. The number of nitrogens with zero attached hydrogens (tertiary/aromatic N) is 1. The average molecular weight is 291 g/mol. The van der Waals surface area contributed by atoms with Gasteiger partial charge in [-0.3, -0.25) is 9.69 Å². The van der Waals surface area contributed by atoms with Gasteiger partial charge in [0.2, 0.25) is 0 Å². The summed E-state index contributed by atoms with van der Waals surface area (Å²) in [5.41, 5.74) is -1.06. The predicted octanol–water partition coefficient (Wildman–Crippen LogP) is 2.89. The number of alkyl halides is 3. The molecule has 0 aromatic heterocycles. The summed E-state index contributed by atoms with van der Waals surface area (Å²) in [5.74, 6) is -2.35. The molecule has 2 rings (SSSR count). The number of carbonyl (C=O) groups is 1. The maximum Gasteiger partial charge on any atom is 0.419 e. The van der Waals surface area contributed by atoms with Crippen molar-refractivity contribution in [3.8, 4) is 0 Å². The van der Waals surface area contributed by atoms with Crippen molar-refractivity contribution in [1.29, 1.82) is 0 Å². The zero-order valence-electron chi connectivity index (χ0n) is 10.5. The SMILES string of the molecule is O=C(O)CN(Cc1ccc(F)c(C(F)(F)F)c1)C1CC1. The Hall–Kier alpha value is -1.63. The Labute approximate surface area is 112 Å². The van der Waals surface area contributed by atoms with E-state index in [2.05, 4.69) is 0 Å². The van der Waals surface area contributed by atoms with E-state index in [-0.39, 0.29) is 24.7 Å². The number of carboxylic acids is 1. The number of aliphatic carboxylic acids is 1. The van der Waals surface area contributed by atoms with E-state index in [4.69, 9.17) is 5.11 Å². The van der Waals surface area contributed by atoms with Crippen LogP contribution in [0.25, 0.3) is 0 Å². The van der Waals surface area contributed by atoms with Gasteiger partial charge in [-0.1, -0.05) is 6.07 Å². The molecule has 3 nitrogen and oxygen atoms in total. The van der Waals surface area contributed by atoms with E-state index in [0.29, 0.717) is 0 Å². The van der Waals surface area contributed by atoms with E-state index in [1.165, 1.54) is 6.07 Å². The maximum absolute atomic E-state index is 13.2. The summed E-state index contributed by atoms with van der Waals surface area (Å²) in [6.45, 7) is -0.163. The molecule has 0 saturated heterocycles. The number of halogens is 4. The molecule has 7 heteroatoms. The van der Waals surface area contributed by atoms with Gasteiger partial charge in [-0.05, 0) is 30.5 Å². The standard InChI is InChI=1S/C13H13F4NO2/c14-11-4-1-8(5-10(11)13(15,16)17)6-18(7-12(19)20)9-2-3-9/h1,4-5,9H,2-3,6-7H2,(H,19,20). The molecule has 0 bridgehead atoms. The highest BCUT2D eigenvalue weighted by Crippen LogP contribution is 2.33. The van der Waals surface area contributed by atoms with Crippen molar-refractivity contribution in [2.75, 3.05) is 6.54 Å². The highest BCUT2D eigenvalue weighted by molar-refractivity contribution is 5.69. The molecule has 1 fully saturated rings. The Morgan fingerprint density at radius 3 is 2.50 bits per heavy atom. The molecule has 1 aliphatic rings. The van der Waals surface area contributed by atoms with Crippen molar-refractivity contribution in [3.63, 3.8) is 0 Å². The molecule has 0 atom stereocenters. The van der Waals surface area contributed by atoms with E-state index in [0.717, 1.165) is 25.0 Å². The maximum atomic E-state index is 13.2. The van der Waals surface area contributed by atoms with Crippen LogP contribution in [0.3, 0.4) is 0 Å². The van der Waals surface area contributed by atoms with Crippen molar-refractivity contribution >= 4 is 5.97 Å². The summed E-state index contributed by atoms with van der Waals surface area (Å²) in [7, 11) is 0. The van der Waals surface area contributed by atoms with E-state index >= 15 is 0 Å². The fraction of sp³-hybridized carbons (Fsp3) is 0.462. The third-order valence-electron chi connectivity index (χ3n) is 3.12. The Balaban J connectivity index is 2.18. The molecule has 0 amide bonds. The Kier molecular flexibility index (Phi) is 3.99. The first kappa shape index (κ1) is 14.8. The first-order valence-electron chi connectivity index (χ1n) is 6.09. The molecule has 1 aliphatic carbocycles. The van der Waals surface area contributed by atoms with Gasteiger partial charge in [0.1, 0.15) is 5.82 Å². The van der Waals surface area contributed by atoms with Crippen LogP contribution in [-0.2, 0) is 17.5 Å². The molecule has 0 aliphatic heterocycles. The normalized spacial score (nSPS) is 15.7. The number of rotatable bonds is 5. The molecule has 1 aromatic rings. The van der Waals surface area contributed by atoms with Crippen LogP contribution in [0.4, 0.5) is 17.6 Å². The van der Waals surface area contributed by atoms with E-state index < -0.39 is 23.5 Å². The molecular weight excluding hydrogens is 278 g/mol. The van der Waals surface area contributed by atoms with Crippen LogP contribution in [-0.4, -0.2) is 28.6 Å². The van der Waals surface area contributed by atoms with E-state index in [1.807, 2.05) is 0 Å². The minimum atomic E-state index is -4.75. The minimum Gasteiger partial charge on any atom is -0.480 e. The fourth-order valence-electron chi connectivity index (χ4n) is 2.05. The van der Waals surface area contributed by atoms with Crippen LogP contribution in [0.1, 0.15) is 24.0 Å². The van der Waals surface area contributed by atoms with Crippen LogP contribution >= 0.6 is 0 Å². The Bertz CT molecular complexity index is 512. The van der Waals surface area contributed by atoms with Gasteiger partial charge in [0.25, 0.3) is 0 Å². The molecular formula is C13H13F4NO2. The smallest absolute Gasteiger partial charge is 0.419 e. The molecule has 110 valence electrons. The molecule has 0 heterocycles. The van der Waals surface area contributed by atoms with Crippen molar-refractivity contribution in [2.45, 2.75) is 31.6 Å². The quantitative estimate of drug-likeness (QED) is 0.848. The summed E-state index contributed by atoms with van der Waals surface area (Å²) < 4.78 is 51.0. The molecule has 0 unspecified atom stereocenters. The number of benzene rings is 1. The monoisotopic (exact) mass is 291 g/mol. The summed E-state index contributed by atoms with van der Waals surface area (Å²) >= 11 is 0. The summed E-state index contributed by atoms with van der Waals surface area (Å²) in [6.07, 6.45) is -3.08. The van der Waals surface area contributed by atoms with Crippen molar-refractivity contribution in [2.24, 2.45) is 0 Å². The zero-order valence-corrected chi connectivity index (χ0v) is 10.5. The Morgan fingerprint density at radius 2 is 2.00 bits per heavy atom. The van der Waals surface area contributed by atoms with Gasteiger partial charge in [-0.25, -0.2) is 4.39 Å². The number of hydrogen-bond acceptors (Lipinski definition) is 2. The number of carboxylic acid groups (broad SMARTS) is 1. The van der Waals surface area contributed by atoms with Gasteiger partial charge in [0, 0.05) is 12.6 Å². The molecule has 0 spiro atoms. The predicted molar refractivity (Wildman–Crippen MR) is 62.5 cm³/mol. The zero-order chi connectivity index (χ0) is 14.9. The fourth-order valence-corrected chi connectivity index (χ4v) is 2.05. The van der Waals surface area contributed by atoms with Crippen LogP contribution < -0.4 is 0 Å². The third-order valence-corrected chi connectivity index (χ3v) is 3.12. The van der Waals surface area contributed by atoms with Crippen LogP contribution in [0.5, 0.6) is 0 Å². The van der Waals surface area contributed by atoms with Crippen molar-refractivity contribution < 1.29 is 27.5 Å². The van der Waals surface area contributed by atoms with Crippen LogP contribution in [0.2, 0.25) is 0 Å². The lowest BCUT2D eigenvalue weighted by molar-refractivity contribution is -0.140. The van der Waals surface area contributed by atoms with Gasteiger partial charge in [-0.2, -0.15) is 13.2 Å². The number of hydrogen-bond donors (Lipinski definition) is 1. The molecule has 1 aromatic carbocycles. The van der Waals surface area contributed by atoms with Gasteiger partial charge in [-0.15, -0.1) is 0 Å². The molecule has 0 radical (unpaired) electrons. The first-order chi connectivity index (χ1) is 9.27. The van der Waals surface area contributed by atoms with Gasteiger partial charge in [0.15, 0.2) is 0 Å². The second-order valence-electron chi connectivity index (χ2n) is 4.84. The topological polar surface area (TPSA) is 40.5 Å². The van der Waals surface area contributed by atoms with Crippen LogP contribution in [0, 0.1) is 5.82 Å². The summed E-state index contributed by atoms with van der Waals surface area (Å²) in [4.78, 5) is 12.3. The second kappa shape index (κ2) is 5.40. The minimum absolute atomic E-state index is 0.0698. The summed E-state index contributed by atoms with van der Waals surface area (Å²) in [6, 6.07) is 2.85. The highest BCUT2D eigenvalue weighted by Gasteiger charge is 2.35. The van der Waals surface area contributed by atoms with E-state index in [9.17, 15) is 22.4 Å².